The predicted octanol–water partition coefficient (Wildman–Crippen LogP) is 3.99. The third kappa shape index (κ3) is 5.14. The van der Waals surface area contributed by atoms with Crippen LogP contribution in [0.5, 0.6) is 5.75 Å². The van der Waals surface area contributed by atoms with Crippen LogP contribution >= 0.6 is 0 Å². The average Bonchev–Trinajstić information content (AvgIpc) is 3.30. The van der Waals surface area contributed by atoms with Gasteiger partial charge in [-0.15, -0.1) is 0 Å². The maximum Gasteiger partial charge on any atom is 0.252 e. The minimum atomic E-state index is -0.0807. The average molecular weight is 522 g/mol. The first kappa shape index (κ1) is 25.5. The summed E-state index contributed by atoms with van der Waals surface area (Å²) >= 11 is 0. The summed E-state index contributed by atoms with van der Waals surface area (Å²) in [7, 11) is 3.35. The minimum Gasteiger partial charge on any atom is -0.497 e. The van der Waals surface area contributed by atoms with E-state index in [1.54, 1.807) is 14.2 Å². The topological polar surface area (TPSA) is 63.2 Å². The van der Waals surface area contributed by atoms with Crippen LogP contribution in [0.3, 0.4) is 0 Å². The van der Waals surface area contributed by atoms with Gasteiger partial charge in [-0.25, -0.2) is 4.99 Å². The first-order chi connectivity index (χ1) is 19.0. The number of nitrogens with one attached hydrogen (secondary N) is 1. The molecule has 1 saturated heterocycles. The minimum absolute atomic E-state index is 0.0807. The zero-order valence-corrected chi connectivity index (χ0v) is 22.9. The molecule has 2 heterocycles. The largest absolute Gasteiger partial charge is 0.497 e. The monoisotopic (exact) mass is 521 g/mol. The number of allylic oxidation sites excluding steroid dienone is 3. The molecule has 6 nitrogen and oxygen atoms in total. The van der Waals surface area contributed by atoms with Gasteiger partial charge in [0.2, 0.25) is 0 Å². The third-order valence-electron chi connectivity index (χ3n) is 8.01. The summed E-state index contributed by atoms with van der Waals surface area (Å²) in [6.07, 6.45) is 5.78. The molecule has 3 aliphatic rings. The van der Waals surface area contributed by atoms with Gasteiger partial charge in [-0.2, -0.15) is 0 Å². The Bertz CT molecular complexity index is 1610. The van der Waals surface area contributed by atoms with Crippen LogP contribution in [0.1, 0.15) is 29.3 Å². The Morgan fingerprint density at radius 2 is 1.90 bits per heavy atom. The molecule has 0 saturated carbocycles. The van der Waals surface area contributed by atoms with E-state index in [2.05, 4.69) is 59.6 Å². The molecule has 1 amide bonds. The van der Waals surface area contributed by atoms with Crippen molar-refractivity contribution < 1.29 is 14.3 Å². The van der Waals surface area contributed by atoms with E-state index < -0.39 is 0 Å². The molecule has 0 radical (unpaired) electrons. The van der Waals surface area contributed by atoms with E-state index in [1.807, 2.05) is 24.3 Å². The lowest BCUT2D eigenvalue weighted by Crippen LogP contribution is -2.46. The van der Waals surface area contributed by atoms with Crippen molar-refractivity contribution in [1.82, 2.24) is 10.2 Å². The Morgan fingerprint density at radius 3 is 2.72 bits per heavy atom. The molecule has 6 heteroatoms. The Kier molecular flexibility index (Phi) is 7.07. The highest BCUT2D eigenvalue weighted by atomic mass is 16.5. The van der Waals surface area contributed by atoms with Crippen molar-refractivity contribution in [2.75, 3.05) is 40.5 Å². The van der Waals surface area contributed by atoms with E-state index in [1.165, 1.54) is 21.9 Å². The number of methoxy groups -OCH3 is 2. The van der Waals surface area contributed by atoms with E-state index in [9.17, 15) is 4.79 Å². The smallest absolute Gasteiger partial charge is 0.252 e. The van der Waals surface area contributed by atoms with Crippen molar-refractivity contribution in [1.29, 1.82) is 0 Å². The number of amides is 1. The molecule has 2 aliphatic heterocycles. The zero-order chi connectivity index (χ0) is 26.9. The molecule has 39 heavy (non-hydrogen) atoms. The second kappa shape index (κ2) is 10.8. The summed E-state index contributed by atoms with van der Waals surface area (Å²) in [4.78, 5) is 20.4. The van der Waals surface area contributed by atoms with Gasteiger partial charge in [0, 0.05) is 49.6 Å². The molecule has 3 aromatic rings. The van der Waals surface area contributed by atoms with Gasteiger partial charge in [-0.3, -0.25) is 9.69 Å². The van der Waals surface area contributed by atoms with Crippen LogP contribution in [0.25, 0.3) is 16.3 Å². The number of carbonyl (C=O) groups excluding carboxylic acids is 1. The van der Waals surface area contributed by atoms with Gasteiger partial charge < -0.3 is 14.8 Å². The highest BCUT2D eigenvalue weighted by Crippen LogP contribution is 2.35. The van der Waals surface area contributed by atoms with E-state index in [4.69, 9.17) is 14.5 Å². The van der Waals surface area contributed by atoms with Crippen molar-refractivity contribution in [2.24, 2.45) is 16.8 Å². The lowest BCUT2D eigenvalue weighted by atomic mass is 9.82. The molecule has 200 valence electrons. The summed E-state index contributed by atoms with van der Waals surface area (Å²) in [5, 5.41) is 7.25. The Morgan fingerprint density at radius 1 is 1.05 bits per heavy atom. The highest BCUT2D eigenvalue weighted by Gasteiger charge is 2.30. The number of hydrogen-bond acceptors (Lipinski definition) is 5. The van der Waals surface area contributed by atoms with E-state index in [0.717, 1.165) is 53.7 Å². The fourth-order valence-electron chi connectivity index (χ4n) is 6.17. The van der Waals surface area contributed by atoms with Crippen LogP contribution in [-0.2, 0) is 11.3 Å². The number of benzene rings is 3. The van der Waals surface area contributed by atoms with Gasteiger partial charge in [0.05, 0.1) is 24.8 Å². The summed E-state index contributed by atoms with van der Waals surface area (Å²) in [6, 6.07) is 18.8. The van der Waals surface area contributed by atoms with Crippen LogP contribution < -0.4 is 20.6 Å². The number of likely N-dealkylation sites (tertiary alicyclic amines) is 1. The Balaban J connectivity index is 1.11. The Labute approximate surface area is 229 Å². The quantitative estimate of drug-likeness (QED) is 0.433. The molecular weight excluding hydrogens is 486 g/mol. The van der Waals surface area contributed by atoms with Crippen molar-refractivity contribution in [3.05, 3.63) is 99.7 Å². The molecule has 0 bridgehead atoms. The summed E-state index contributed by atoms with van der Waals surface area (Å²) in [6.45, 7) is 6.33. The van der Waals surface area contributed by atoms with Crippen LogP contribution in [0, 0.1) is 11.8 Å². The van der Waals surface area contributed by atoms with Gasteiger partial charge in [-0.05, 0) is 77.4 Å². The predicted molar refractivity (Wildman–Crippen MR) is 154 cm³/mol. The van der Waals surface area contributed by atoms with Gasteiger partial charge in [0.1, 0.15) is 5.75 Å². The van der Waals surface area contributed by atoms with Crippen molar-refractivity contribution in [3.63, 3.8) is 0 Å². The van der Waals surface area contributed by atoms with Crippen LogP contribution in [-0.4, -0.2) is 51.3 Å². The van der Waals surface area contributed by atoms with Crippen LogP contribution in [0.2, 0.25) is 0 Å². The molecule has 1 atom stereocenters. The van der Waals surface area contributed by atoms with Crippen LogP contribution in [0.4, 0.5) is 0 Å². The molecular formula is C33H35N3O3. The van der Waals surface area contributed by atoms with Crippen molar-refractivity contribution in [3.8, 4) is 5.75 Å². The zero-order valence-electron chi connectivity index (χ0n) is 22.9. The first-order valence-corrected chi connectivity index (χ1v) is 13.7. The number of ether oxygens (including phenoxy) is 2. The number of carbonyl (C=O) groups is 1. The fraction of sp³-hybridized carbons (Fsp3) is 0.333. The molecule has 3 aromatic carbocycles. The van der Waals surface area contributed by atoms with Crippen molar-refractivity contribution in [2.45, 2.75) is 19.9 Å². The Hall–Kier alpha value is -3.74. The van der Waals surface area contributed by atoms with Crippen molar-refractivity contribution >= 4 is 22.3 Å². The summed E-state index contributed by atoms with van der Waals surface area (Å²) in [5.41, 5.74) is 5.34. The maximum absolute atomic E-state index is 12.9. The molecule has 1 aliphatic carbocycles. The SMILES string of the molecule is COCCNC(=O)c1cccc2c1=C1C(C)=CC(CC3CN(Cc4ccc5ccc(OC)cc5c4)C3)C=C1N=2. The number of nitrogens with zero attached hydrogens (tertiary/aromatic N) is 2. The number of fused-ring (bicyclic) bond motifs is 3. The number of hydrogen-bond donors (Lipinski definition) is 1. The molecule has 0 spiro atoms. The molecule has 6 rings (SSSR count). The second-order valence-corrected chi connectivity index (χ2v) is 10.8. The van der Waals surface area contributed by atoms with E-state index in [-0.39, 0.29) is 5.91 Å². The number of rotatable bonds is 9. The van der Waals surface area contributed by atoms with Crippen LogP contribution in [0.15, 0.2) is 83.0 Å². The molecule has 1 fully saturated rings. The summed E-state index contributed by atoms with van der Waals surface area (Å²) < 4.78 is 10.5. The lowest BCUT2D eigenvalue weighted by Gasteiger charge is -2.40. The van der Waals surface area contributed by atoms with E-state index >= 15 is 0 Å². The first-order valence-electron chi connectivity index (χ1n) is 13.7. The standard InChI is InChI=1S/C33H35N3O3/c1-21-13-23(16-30-31(21)32-28(5-4-6-29(32)35-30)33(37)34-11-12-38-2)14-24-19-36(20-24)18-22-7-8-25-9-10-27(39-3)17-26(25)15-22/h4-10,13,15-17,23-24H,11-12,14,18-20H2,1-3H3,(H,34,37). The fourth-order valence-corrected chi connectivity index (χ4v) is 6.17. The normalized spacial score (nSPS) is 18.5. The molecule has 1 N–H and O–H groups in total. The summed E-state index contributed by atoms with van der Waals surface area (Å²) in [5.74, 6) is 1.85. The maximum atomic E-state index is 12.9. The highest BCUT2D eigenvalue weighted by molar-refractivity contribution is 5.97. The third-order valence-corrected chi connectivity index (χ3v) is 8.01. The van der Waals surface area contributed by atoms with Gasteiger partial charge in [0.15, 0.2) is 0 Å². The molecule has 1 unspecified atom stereocenters. The van der Waals surface area contributed by atoms with Gasteiger partial charge >= 0.3 is 0 Å². The lowest BCUT2D eigenvalue weighted by molar-refractivity contribution is 0.0820. The van der Waals surface area contributed by atoms with E-state index in [0.29, 0.717) is 30.6 Å². The van der Waals surface area contributed by atoms with Gasteiger partial charge in [-0.1, -0.05) is 36.4 Å². The second-order valence-electron chi connectivity index (χ2n) is 10.8. The molecule has 0 aromatic heterocycles. The van der Waals surface area contributed by atoms with Gasteiger partial charge in [0.25, 0.3) is 5.91 Å².